The number of rotatable bonds is 8. The summed E-state index contributed by atoms with van der Waals surface area (Å²) in [6.07, 6.45) is 3.99. The van der Waals surface area contributed by atoms with Crippen molar-refractivity contribution in [2.75, 3.05) is 18.6 Å². The largest absolute Gasteiger partial charge is 0.317 e. The molecule has 0 aliphatic carbocycles. The highest BCUT2D eigenvalue weighted by atomic mass is 32.2. The van der Waals surface area contributed by atoms with Gasteiger partial charge in [-0.3, -0.25) is 0 Å². The maximum atomic E-state index is 3.32. The molecule has 1 nitrogen and oxygen atoms in total. The average molecular weight is 217 g/mol. The number of hydrogen-bond acceptors (Lipinski definition) is 2. The maximum absolute atomic E-state index is 3.32. The highest BCUT2D eigenvalue weighted by molar-refractivity contribution is 7.99. The Morgan fingerprint density at radius 3 is 2.50 bits per heavy atom. The van der Waals surface area contributed by atoms with E-state index in [0.717, 1.165) is 0 Å². The van der Waals surface area contributed by atoms with E-state index < -0.39 is 0 Å². The van der Waals surface area contributed by atoms with E-state index in [2.05, 4.69) is 44.8 Å². The maximum Gasteiger partial charge on any atom is 0.00408 e. The predicted octanol–water partition coefficient (Wildman–Crippen LogP) is 3.54. The third-order valence-corrected chi connectivity index (χ3v) is 3.68. The van der Waals surface area contributed by atoms with Crippen molar-refractivity contribution in [1.29, 1.82) is 0 Å². The van der Waals surface area contributed by atoms with Gasteiger partial charge in [0.1, 0.15) is 0 Å². The Labute approximate surface area is 94.4 Å². The summed E-state index contributed by atoms with van der Waals surface area (Å²) >= 11 is 2.06. The zero-order valence-electron chi connectivity index (χ0n) is 10.5. The second-order valence-electron chi connectivity index (χ2n) is 4.86. The zero-order chi connectivity index (χ0) is 11.0. The molecule has 0 aliphatic heterocycles. The lowest BCUT2D eigenvalue weighted by Gasteiger charge is -2.27. The summed E-state index contributed by atoms with van der Waals surface area (Å²) < 4.78 is 0. The first-order chi connectivity index (χ1) is 6.52. The molecule has 0 amide bonds. The molecule has 14 heavy (non-hydrogen) atoms. The van der Waals surface area contributed by atoms with Crippen molar-refractivity contribution in [1.82, 2.24) is 5.32 Å². The van der Waals surface area contributed by atoms with Crippen LogP contribution in [-0.2, 0) is 0 Å². The van der Waals surface area contributed by atoms with Gasteiger partial charge in [0.25, 0.3) is 0 Å². The third kappa shape index (κ3) is 7.69. The number of thioether (sulfide) groups is 1. The molecule has 0 aromatic carbocycles. The lowest BCUT2D eigenvalue weighted by molar-refractivity contribution is 0.272. The van der Waals surface area contributed by atoms with E-state index >= 15 is 0 Å². The molecular formula is C12H27NS. The van der Waals surface area contributed by atoms with Gasteiger partial charge in [-0.25, -0.2) is 0 Å². The van der Waals surface area contributed by atoms with Crippen LogP contribution in [-0.4, -0.2) is 24.6 Å². The zero-order valence-corrected chi connectivity index (χ0v) is 11.3. The lowest BCUT2D eigenvalue weighted by Crippen LogP contribution is -2.28. The molecule has 0 heterocycles. The third-order valence-electron chi connectivity index (χ3n) is 2.70. The van der Waals surface area contributed by atoms with E-state index in [4.69, 9.17) is 0 Å². The van der Waals surface area contributed by atoms with Crippen LogP contribution in [0.2, 0.25) is 0 Å². The van der Waals surface area contributed by atoms with Gasteiger partial charge in [-0.1, -0.05) is 20.8 Å². The minimum absolute atomic E-state index is 0.497. The smallest absolute Gasteiger partial charge is 0.00408 e. The van der Waals surface area contributed by atoms with Gasteiger partial charge in [-0.05, 0) is 50.2 Å². The monoisotopic (exact) mass is 217 g/mol. The lowest BCUT2D eigenvalue weighted by atomic mass is 9.82. The predicted molar refractivity (Wildman–Crippen MR) is 69.2 cm³/mol. The quantitative estimate of drug-likeness (QED) is 0.624. The van der Waals surface area contributed by atoms with Crippen molar-refractivity contribution in [3.63, 3.8) is 0 Å². The van der Waals surface area contributed by atoms with Crippen LogP contribution in [0.5, 0.6) is 0 Å². The normalized spacial score (nSPS) is 14.4. The Hall–Kier alpha value is 0.310. The highest BCUT2D eigenvalue weighted by Gasteiger charge is 2.19. The molecule has 0 rings (SSSR count). The molecule has 0 fully saturated rings. The minimum Gasteiger partial charge on any atom is -0.317 e. The van der Waals surface area contributed by atoms with Crippen LogP contribution in [0.1, 0.15) is 47.0 Å². The number of hydrogen-bond donors (Lipinski definition) is 1. The second kappa shape index (κ2) is 7.58. The van der Waals surface area contributed by atoms with Crippen molar-refractivity contribution in [2.24, 2.45) is 5.41 Å². The fourth-order valence-electron chi connectivity index (χ4n) is 1.83. The summed E-state index contributed by atoms with van der Waals surface area (Å²) in [6.45, 7) is 9.27. The molecule has 0 aromatic heterocycles. The van der Waals surface area contributed by atoms with Crippen molar-refractivity contribution < 1.29 is 0 Å². The topological polar surface area (TPSA) is 12.0 Å². The van der Waals surface area contributed by atoms with Crippen LogP contribution in [0, 0.1) is 5.41 Å². The summed E-state index contributed by atoms with van der Waals surface area (Å²) in [4.78, 5) is 0. The van der Waals surface area contributed by atoms with Gasteiger partial charge in [-0.2, -0.15) is 11.8 Å². The molecule has 1 unspecified atom stereocenters. The van der Waals surface area contributed by atoms with E-state index in [1.165, 1.54) is 30.8 Å². The summed E-state index contributed by atoms with van der Waals surface area (Å²) in [5.41, 5.74) is 0.497. The first-order valence-electron chi connectivity index (χ1n) is 5.77. The van der Waals surface area contributed by atoms with E-state index in [-0.39, 0.29) is 0 Å². The van der Waals surface area contributed by atoms with E-state index in [1.807, 2.05) is 7.05 Å². The Morgan fingerprint density at radius 1 is 1.36 bits per heavy atom. The van der Waals surface area contributed by atoms with Crippen molar-refractivity contribution >= 4 is 11.8 Å². The first kappa shape index (κ1) is 14.3. The van der Waals surface area contributed by atoms with Crippen LogP contribution in [0.15, 0.2) is 0 Å². The van der Waals surface area contributed by atoms with Gasteiger partial charge < -0.3 is 5.32 Å². The van der Waals surface area contributed by atoms with Gasteiger partial charge >= 0.3 is 0 Å². The SMILES string of the molecule is CCSCCCC(C)(C)CC(C)NC. The van der Waals surface area contributed by atoms with Crippen LogP contribution in [0.4, 0.5) is 0 Å². The Bertz CT molecular complexity index is 134. The molecule has 0 bridgehead atoms. The van der Waals surface area contributed by atoms with Crippen molar-refractivity contribution in [3.8, 4) is 0 Å². The summed E-state index contributed by atoms with van der Waals surface area (Å²) in [5, 5.41) is 3.32. The van der Waals surface area contributed by atoms with Gasteiger partial charge in [0.15, 0.2) is 0 Å². The Kier molecular flexibility index (Phi) is 7.75. The van der Waals surface area contributed by atoms with Crippen LogP contribution >= 0.6 is 11.8 Å². The van der Waals surface area contributed by atoms with Crippen LogP contribution in [0.3, 0.4) is 0 Å². The van der Waals surface area contributed by atoms with Gasteiger partial charge in [-0.15, -0.1) is 0 Å². The van der Waals surface area contributed by atoms with Crippen molar-refractivity contribution in [2.45, 2.75) is 53.0 Å². The molecule has 0 radical (unpaired) electrons. The van der Waals surface area contributed by atoms with Crippen molar-refractivity contribution in [3.05, 3.63) is 0 Å². The standard InChI is InChI=1S/C12H27NS/c1-6-14-9-7-8-12(3,4)10-11(2)13-5/h11,13H,6-10H2,1-5H3. The summed E-state index contributed by atoms with van der Waals surface area (Å²) in [7, 11) is 2.05. The first-order valence-corrected chi connectivity index (χ1v) is 6.92. The molecule has 2 heteroatoms. The van der Waals surface area contributed by atoms with E-state index in [1.54, 1.807) is 0 Å². The Morgan fingerprint density at radius 2 is 2.00 bits per heavy atom. The molecule has 0 aromatic rings. The van der Waals surface area contributed by atoms with Crippen LogP contribution in [0.25, 0.3) is 0 Å². The molecule has 0 spiro atoms. The average Bonchev–Trinajstić information content (AvgIpc) is 2.12. The molecule has 0 aliphatic rings. The molecule has 1 N–H and O–H groups in total. The fourth-order valence-corrected chi connectivity index (χ4v) is 2.47. The summed E-state index contributed by atoms with van der Waals surface area (Å²) in [5.74, 6) is 2.58. The Balaban J connectivity index is 3.60. The molecule has 86 valence electrons. The van der Waals surface area contributed by atoms with Crippen LogP contribution < -0.4 is 5.32 Å². The summed E-state index contributed by atoms with van der Waals surface area (Å²) in [6, 6.07) is 0.642. The molecule has 1 atom stereocenters. The molecule has 0 saturated heterocycles. The second-order valence-corrected chi connectivity index (χ2v) is 6.25. The van der Waals surface area contributed by atoms with E-state index in [9.17, 15) is 0 Å². The fraction of sp³-hybridized carbons (Fsp3) is 1.00. The van der Waals surface area contributed by atoms with Gasteiger partial charge in [0.2, 0.25) is 0 Å². The van der Waals surface area contributed by atoms with Gasteiger partial charge in [0, 0.05) is 6.04 Å². The molecular weight excluding hydrogens is 190 g/mol. The van der Waals surface area contributed by atoms with E-state index in [0.29, 0.717) is 11.5 Å². The molecule has 0 saturated carbocycles. The highest BCUT2D eigenvalue weighted by Crippen LogP contribution is 2.28. The minimum atomic E-state index is 0.497. The van der Waals surface area contributed by atoms with Gasteiger partial charge in [0.05, 0.1) is 0 Å². The number of nitrogens with one attached hydrogen (secondary N) is 1.